The average molecular weight is 354 g/mol. The van der Waals surface area contributed by atoms with Gasteiger partial charge in [-0.15, -0.1) is 0 Å². The molecule has 0 aliphatic heterocycles. The van der Waals surface area contributed by atoms with Crippen LogP contribution in [-0.2, 0) is 0 Å². The highest BCUT2D eigenvalue weighted by Crippen LogP contribution is 2.21. The molecule has 0 spiro atoms. The molecule has 2 rings (SSSR count). The second kappa shape index (κ2) is 9.62. The third-order valence-electron chi connectivity index (χ3n) is 5.01. The van der Waals surface area contributed by atoms with Gasteiger partial charge in [-0.3, -0.25) is 0 Å². The van der Waals surface area contributed by atoms with Crippen molar-refractivity contribution in [2.45, 2.75) is 82.5 Å². The summed E-state index contributed by atoms with van der Waals surface area (Å²) in [6, 6.07) is 0.0789. The minimum atomic E-state index is -1.22. The molecule has 25 heavy (non-hydrogen) atoms. The van der Waals surface area contributed by atoms with E-state index < -0.39 is 18.4 Å². The van der Waals surface area contributed by atoms with E-state index in [2.05, 4.69) is 17.4 Å². The zero-order valence-corrected chi connectivity index (χ0v) is 14.7. The lowest BCUT2D eigenvalue weighted by Crippen LogP contribution is -2.64. The molecule has 2 aliphatic carbocycles. The highest BCUT2D eigenvalue weighted by Gasteiger charge is 2.33. The molecule has 8 heteroatoms. The molecule has 142 valence electrons. The second-order valence-electron chi connectivity index (χ2n) is 6.88. The van der Waals surface area contributed by atoms with Crippen LogP contribution in [0.25, 0.3) is 0 Å². The summed E-state index contributed by atoms with van der Waals surface area (Å²) in [6.07, 6.45) is 7.92. The van der Waals surface area contributed by atoms with Gasteiger partial charge in [-0.05, 0) is 31.8 Å². The minimum absolute atomic E-state index is 0.0395. The number of rotatable bonds is 7. The Kier molecular flexibility index (Phi) is 7.52. The van der Waals surface area contributed by atoms with Crippen molar-refractivity contribution in [3.8, 4) is 0 Å². The first-order valence-electron chi connectivity index (χ1n) is 9.22. The van der Waals surface area contributed by atoms with Gasteiger partial charge in [0.25, 0.3) is 0 Å². The number of nitrogens with zero attached hydrogens (tertiary/aromatic N) is 2. The first-order valence-corrected chi connectivity index (χ1v) is 9.22. The van der Waals surface area contributed by atoms with Crippen LogP contribution in [0.3, 0.4) is 0 Å². The van der Waals surface area contributed by atoms with Crippen molar-refractivity contribution in [1.82, 2.24) is 20.9 Å². The van der Waals surface area contributed by atoms with Crippen molar-refractivity contribution >= 4 is 12.2 Å². The van der Waals surface area contributed by atoms with E-state index in [9.17, 15) is 19.8 Å². The summed E-state index contributed by atoms with van der Waals surface area (Å²) in [6.45, 7) is 3.66. The molecule has 0 heterocycles. The summed E-state index contributed by atoms with van der Waals surface area (Å²) in [5.41, 5.74) is 5.99. The van der Waals surface area contributed by atoms with Gasteiger partial charge in [0.1, 0.15) is 0 Å². The van der Waals surface area contributed by atoms with Gasteiger partial charge in [0, 0.05) is 12.1 Å². The van der Waals surface area contributed by atoms with Crippen LogP contribution >= 0.6 is 0 Å². The molecule has 2 aliphatic rings. The van der Waals surface area contributed by atoms with Crippen LogP contribution in [0, 0.1) is 0 Å². The van der Waals surface area contributed by atoms with E-state index in [1.54, 1.807) is 0 Å². The Hall–Kier alpha value is -1.80. The van der Waals surface area contributed by atoms with E-state index in [1.165, 1.54) is 6.08 Å². The molecule has 4 N–H and O–H groups in total. The van der Waals surface area contributed by atoms with Crippen LogP contribution in [0.15, 0.2) is 12.7 Å². The maximum absolute atomic E-state index is 11.8. The Labute approximate surface area is 148 Å². The van der Waals surface area contributed by atoms with E-state index in [0.29, 0.717) is 0 Å². The van der Waals surface area contributed by atoms with Crippen molar-refractivity contribution in [1.29, 1.82) is 0 Å². The Bertz CT molecular complexity index is 424. The number of hydrogen-bond acceptors (Lipinski definition) is 4. The Balaban J connectivity index is 2.09. The molecule has 2 fully saturated rings. The minimum Gasteiger partial charge on any atom is -0.464 e. The number of carbonyl (C=O) groups is 2. The third kappa shape index (κ3) is 5.61. The molecule has 0 aromatic heterocycles. The molecule has 0 aromatic rings. The summed E-state index contributed by atoms with van der Waals surface area (Å²) < 4.78 is 0. The van der Waals surface area contributed by atoms with E-state index in [4.69, 9.17) is 0 Å². The van der Waals surface area contributed by atoms with Crippen LogP contribution in [-0.4, -0.2) is 50.7 Å². The molecule has 8 nitrogen and oxygen atoms in total. The predicted molar refractivity (Wildman–Crippen MR) is 93.7 cm³/mol. The Morgan fingerprint density at radius 1 is 0.840 bits per heavy atom. The molecule has 0 unspecified atom stereocenters. The lowest BCUT2D eigenvalue weighted by molar-refractivity contribution is -0.00323. The number of hydrogen-bond donors (Lipinski definition) is 4. The molecule has 0 aromatic carbocycles. The fourth-order valence-electron chi connectivity index (χ4n) is 3.67. The summed E-state index contributed by atoms with van der Waals surface area (Å²) in [5.74, 6) is 0. The van der Waals surface area contributed by atoms with Gasteiger partial charge in [-0.25, -0.2) is 30.5 Å². The fourth-order valence-corrected chi connectivity index (χ4v) is 3.67. The smallest absolute Gasteiger partial charge is 0.424 e. The van der Waals surface area contributed by atoms with Crippen molar-refractivity contribution in [3.63, 3.8) is 0 Å². The van der Waals surface area contributed by atoms with Crippen molar-refractivity contribution in [2.24, 2.45) is 0 Å². The summed E-state index contributed by atoms with van der Waals surface area (Å²) in [5, 5.41) is 21.2. The molecule has 2 saturated carbocycles. The monoisotopic (exact) mass is 354 g/mol. The van der Waals surface area contributed by atoms with Crippen molar-refractivity contribution in [3.05, 3.63) is 12.7 Å². The lowest BCUT2D eigenvalue weighted by atomic mass is 9.96. The third-order valence-corrected chi connectivity index (χ3v) is 5.01. The Morgan fingerprint density at radius 2 is 1.20 bits per heavy atom. The quantitative estimate of drug-likeness (QED) is 0.318. The lowest BCUT2D eigenvalue weighted by Gasteiger charge is -2.39. The molecule has 0 radical (unpaired) electrons. The van der Waals surface area contributed by atoms with E-state index in [1.807, 2.05) is 0 Å². The standard InChI is InChI=1S/C17H30N4O4/c1-2-15(20(16(22)23)18-13-9-5-3-6-10-13)21(17(24)25)19-14-11-7-4-8-12-14/h2,13-15,18-19H,1,3-12H2,(H,22,23)(H,24,25). The van der Waals surface area contributed by atoms with Gasteiger partial charge in [0.05, 0.1) is 0 Å². The largest absolute Gasteiger partial charge is 0.464 e. The van der Waals surface area contributed by atoms with Crippen LogP contribution in [0.5, 0.6) is 0 Å². The molecule has 0 atom stereocenters. The van der Waals surface area contributed by atoms with E-state index in [0.717, 1.165) is 74.2 Å². The maximum atomic E-state index is 11.8. The SMILES string of the molecule is C=CC(N(NC1CCCCC1)C(=O)O)N(NC1CCCCC1)C(=O)O. The molecule has 0 saturated heterocycles. The van der Waals surface area contributed by atoms with Crippen LogP contribution in [0.4, 0.5) is 9.59 Å². The first kappa shape index (κ1) is 19.5. The van der Waals surface area contributed by atoms with Crippen molar-refractivity contribution < 1.29 is 19.8 Å². The Morgan fingerprint density at radius 3 is 1.48 bits per heavy atom. The van der Waals surface area contributed by atoms with Crippen LogP contribution < -0.4 is 10.9 Å². The van der Waals surface area contributed by atoms with Gasteiger partial charge in [0.2, 0.25) is 0 Å². The first-order chi connectivity index (χ1) is 12.0. The van der Waals surface area contributed by atoms with E-state index in [-0.39, 0.29) is 12.1 Å². The number of amides is 2. The molecule has 2 amide bonds. The maximum Gasteiger partial charge on any atom is 0.424 e. The molecular formula is C17H30N4O4. The van der Waals surface area contributed by atoms with Crippen LogP contribution in [0.2, 0.25) is 0 Å². The topological polar surface area (TPSA) is 105 Å². The highest BCUT2D eigenvalue weighted by atomic mass is 16.4. The fraction of sp³-hybridized carbons (Fsp3) is 0.765. The van der Waals surface area contributed by atoms with Gasteiger partial charge in [-0.2, -0.15) is 0 Å². The normalized spacial score (nSPS) is 19.6. The van der Waals surface area contributed by atoms with Crippen LogP contribution in [0.1, 0.15) is 64.2 Å². The molecule has 0 bridgehead atoms. The predicted octanol–water partition coefficient (Wildman–Crippen LogP) is 3.13. The summed E-state index contributed by atoms with van der Waals surface area (Å²) in [7, 11) is 0. The van der Waals surface area contributed by atoms with Gasteiger partial charge in [-0.1, -0.05) is 45.1 Å². The second-order valence-corrected chi connectivity index (χ2v) is 6.88. The highest BCUT2D eigenvalue weighted by molar-refractivity contribution is 5.68. The summed E-state index contributed by atoms with van der Waals surface area (Å²) >= 11 is 0. The number of carboxylic acid groups (broad SMARTS) is 2. The van der Waals surface area contributed by atoms with E-state index >= 15 is 0 Å². The van der Waals surface area contributed by atoms with Gasteiger partial charge < -0.3 is 10.2 Å². The van der Waals surface area contributed by atoms with Gasteiger partial charge >= 0.3 is 12.2 Å². The zero-order chi connectivity index (χ0) is 18.2. The number of hydrazine groups is 2. The average Bonchev–Trinajstić information content (AvgIpc) is 2.62. The summed E-state index contributed by atoms with van der Waals surface area (Å²) in [4.78, 5) is 23.5. The van der Waals surface area contributed by atoms with Gasteiger partial charge in [0.15, 0.2) is 6.17 Å². The van der Waals surface area contributed by atoms with Crippen molar-refractivity contribution in [2.75, 3.05) is 0 Å². The number of nitrogens with one attached hydrogen (secondary N) is 2. The molecular weight excluding hydrogens is 324 g/mol. The zero-order valence-electron chi connectivity index (χ0n) is 14.7.